The number of fused-ring (bicyclic) bond motifs is 1. The summed E-state index contributed by atoms with van der Waals surface area (Å²) < 4.78 is 0. The lowest BCUT2D eigenvalue weighted by molar-refractivity contribution is -0.120. The summed E-state index contributed by atoms with van der Waals surface area (Å²) in [5, 5.41) is 14.9. The highest BCUT2D eigenvalue weighted by Crippen LogP contribution is 2.18. The van der Waals surface area contributed by atoms with Crippen LogP contribution in [0.1, 0.15) is 25.8 Å². The zero-order chi connectivity index (χ0) is 15.2. The van der Waals surface area contributed by atoms with E-state index in [1.807, 2.05) is 42.5 Å². The number of aliphatic hydroxyl groups is 1. The normalized spacial score (nSPS) is 12.6. The summed E-state index contributed by atoms with van der Waals surface area (Å²) in [6.45, 7) is 4.43. The van der Waals surface area contributed by atoms with Crippen molar-refractivity contribution in [2.24, 2.45) is 5.92 Å². The minimum atomic E-state index is -0.471. The zero-order valence-electron chi connectivity index (χ0n) is 12.7. The van der Waals surface area contributed by atoms with Crippen LogP contribution in [0.3, 0.4) is 0 Å². The molecule has 0 radical (unpaired) electrons. The third-order valence-electron chi connectivity index (χ3n) is 3.51. The standard InChI is InChI=1S/C18H23NO2/c1-13(2)10-16(20)12-19-18(21)11-15-8-5-7-14-6-3-4-9-17(14)15/h3-9,13,16,20H,10-12H2,1-2H3,(H,19,21). The number of benzene rings is 2. The summed E-state index contributed by atoms with van der Waals surface area (Å²) in [5.41, 5.74) is 1.02. The Morgan fingerprint density at radius 3 is 2.62 bits per heavy atom. The first-order valence-electron chi connectivity index (χ1n) is 7.47. The van der Waals surface area contributed by atoms with Gasteiger partial charge in [-0.1, -0.05) is 56.3 Å². The van der Waals surface area contributed by atoms with Gasteiger partial charge in [0.25, 0.3) is 0 Å². The number of hydrogen-bond acceptors (Lipinski definition) is 2. The van der Waals surface area contributed by atoms with E-state index in [-0.39, 0.29) is 5.91 Å². The number of nitrogens with one attached hydrogen (secondary N) is 1. The fourth-order valence-corrected chi connectivity index (χ4v) is 2.54. The lowest BCUT2D eigenvalue weighted by Crippen LogP contribution is -2.33. The van der Waals surface area contributed by atoms with Gasteiger partial charge in [-0.2, -0.15) is 0 Å². The van der Waals surface area contributed by atoms with Crippen molar-refractivity contribution in [3.63, 3.8) is 0 Å². The third-order valence-corrected chi connectivity index (χ3v) is 3.51. The molecule has 0 aliphatic carbocycles. The van der Waals surface area contributed by atoms with Crippen LogP contribution in [0.2, 0.25) is 0 Å². The molecule has 1 unspecified atom stereocenters. The van der Waals surface area contributed by atoms with E-state index in [2.05, 4.69) is 19.2 Å². The molecule has 0 spiro atoms. The van der Waals surface area contributed by atoms with E-state index < -0.39 is 6.10 Å². The van der Waals surface area contributed by atoms with Gasteiger partial charge in [0.15, 0.2) is 0 Å². The predicted molar refractivity (Wildman–Crippen MR) is 86.1 cm³/mol. The average Bonchev–Trinajstić information content (AvgIpc) is 2.45. The highest BCUT2D eigenvalue weighted by atomic mass is 16.3. The van der Waals surface area contributed by atoms with Crippen LogP contribution in [0.4, 0.5) is 0 Å². The second-order valence-corrected chi connectivity index (χ2v) is 5.90. The maximum Gasteiger partial charge on any atom is 0.224 e. The van der Waals surface area contributed by atoms with E-state index in [0.717, 1.165) is 16.3 Å². The average molecular weight is 285 g/mol. The summed E-state index contributed by atoms with van der Waals surface area (Å²) in [6, 6.07) is 14.0. The summed E-state index contributed by atoms with van der Waals surface area (Å²) in [6.07, 6.45) is 0.575. The first-order chi connectivity index (χ1) is 10.1. The summed E-state index contributed by atoms with van der Waals surface area (Å²) >= 11 is 0. The first-order valence-corrected chi connectivity index (χ1v) is 7.47. The van der Waals surface area contributed by atoms with Crippen LogP contribution in [0, 0.1) is 5.92 Å². The molecule has 0 aliphatic rings. The van der Waals surface area contributed by atoms with Crippen molar-refractivity contribution < 1.29 is 9.90 Å². The van der Waals surface area contributed by atoms with E-state index in [4.69, 9.17) is 0 Å². The Hall–Kier alpha value is -1.87. The van der Waals surface area contributed by atoms with Crippen LogP contribution >= 0.6 is 0 Å². The second-order valence-electron chi connectivity index (χ2n) is 5.90. The van der Waals surface area contributed by atoms with Crippen molar-refractivity contribution in [1.29, 1.82) is 0 Å². The molecule has 0 saturated heterocycles. The van der Waals surface area contributed by atoms with Crippen LogP contribution in [0.25, 0.3) is 10.8 Å². The number of carbonyl (C=O) groups excluding carboxylic acids is 1. The molecule has 1 amide bonds. The maximum atomic E-state index is 12.0. The predicted octanol–water partition coefficient (Wildman–Crippen LogP) is 2.91. The van der Waals surface area contributed by atoms with Crippen molar-refractivity contribution in [3.05, 3.63) is 48.0 Å². The summed E-state index contributed by atoms with van der Waals surface area (Å²) in [4.78, 5) is 12.0. The Kier molecular flexibility index (Phi) is 5.34. The van der Waals surface area contributed by atoms with Crippen LogP contribution in [-0.2, 0) is 11.2 Å². The van der Waals surface area contributed by atoms with E-state index in [0.29, 0.717) is 25.3 Å². The molecule has 0 bridgehead atoms. The van der Waals surface area contributed by atoms with Gasteiger partial charge in [0.2, 0.25) is 5.91 Å². The molecule has 0 saturated carbocycles. The Bertz CT molecular complexity index is 602. The van der Waals surface area contributed by atoms with Gasteiger partial charge in [-0.3, -0.25) is 4.79 Å². The Morgan fingerprint density at radius 2 is 1.86 bits per heavy atom. The lowest BCUT2D eigenvalue weighted by atomic mass is 10.0. The lowest BCUT2D eigenvalue weighted by Gasteiger charge is -2.14. The summed E-state index contributed by atoms with van der Waals surface area (Å²) in [7, 11) is 0. The van der Waals surface area contributed by atoms with Gasteiger partial charge in [-0.25, -0.2) is 0 Å². The molecule has 3 nitrogen and oxygen atoms in total. The molecular weight excluding hydrogens is 262 g/mol. The van der Waals surface area contributed by atoms with E-state index in [1.54, 1.807) is 0 Å². The van der Waals surface area contributed by atoms with Crippen molar-refractivity contribution >= 4 is 16.7 Å². The van der Waals surface area contributed by atoms with Crippen molar-refractivity contribution in [2.75, 3.05) is 6.54 Å². The highest BCUT2D eigenvalue weighted by molar-refractivity contribution is 5.90. The molecule has 112 valence electrons. The van der Waals surface area contributed by atoms with E-state index >= 15 is 0 Å². The third kappa shape index (κ3) is 4.57. The van der Waals surface area contributed by atoms with E-state index in [9.17, 15) is 9.90 Å². The topological polar surface area (TPSA) is 49.3 Å². The van der Waals surface area contributed by atoms with Crippen LogP contribution < -0.4 is 5.32 Å². The number of hydrogen-bond donors (Lipinski definition) is 2. The van der Waals surface area contributed by atoms with Gasteiger partial charge >= 0.3 is 0 Å². The molecular formula is C18H23NO2. The Balaban J connectivity index is 1.96. The molecule has 1 atom stereocenters. The molecule has 21 heavy (non-hydrogen) atoms. The monoisotopic (exact) mass is 285 g/mol. The number of aliphatic hydroxyl groups excluding tert-OH is 1. The number of carbonyl (C=O) groups is 1. The van der Waals surface area contributed by atoms with Gasteiger partial charge in [0.05, 0.1) is 12.5 Å². The summed E-state index contributed by atoms with van der Waals surface area (Å²) in [5.74, 6) is 0.379. The van der Waals surface area contributed by atoms with Gasteiger partial charge in [-0.05, 0) is 28.7 Å². The molecule has 0 heterocycles. The SMILES string of the molecule is CC(C)CC(O)CNC(=O)Cc1cccc2ccccc12. The van der Waals surface area contributed by atoms with Crippen LogP contribution in [0.15, 0.2) is 42.5 Å². The molecule has 0 aliphatic heterocycles. The molecule has 2 rings (SSSR count). The molecule has 0 fully saturated rings. The van der Waals surface area contributed by atoms with Crippen molar-refractivity contribution in [3.8, 4) is 0 Å². The van der Waals surface area contributed by atoms with Crippen molar-refractivity contribution in [1.82, 2.24) is 5.32 Å². The minimum Gasteiger partial charge on any atom is -0.391 e. The fraction of sp³-hybridized carbons (Fsp3) is 0.389. The highest BCUT2D eigenvalue weighted by Gasteiger charge is 2.10. The second kappa shape index (κ2) is 7.23. The largest absolute Gasteiger partial charge is 0.391 e. The molecule has 3 heteroatoms. The van der Waals surface area contributed by atoms with Crippen LogP contribution in [-0.4, -0.2) is 23.7 Å². The van der Waals surface area contributed by atoms with Gasteiger partial charge in [0.1, 0.15) is 0 Å². The smallest absolute Gasteiger partial charge is 0.224 e. The number of amides is 1. The van der Waals surface area contributed by atoms with E-state index in [1.165, 1.54) is 0 Å². The molecule has 2 N–H and O–H groups in total. The molecule has 2 aromatic carbocycles. The quantitative estimate of drug-likeness (QED) is 0.857. The van der Waals surface area contributed by atoms with Gasteiger partial charge in [-0.15, -0.1) is 0 Å². The minimum absolute atomic E-state index is 0.0471. The first kappa shape index (κ1) is 15.5. The van der Waals surface area contributed by atoms with Gasteiger partial charge in [0, 0.05) is 6.54 Å². The fourth-order valence-electron chi connectivity index (χ4n) is 2.54. The molecule has 0 aromatic heterocycles. The maximum absolute atomic E-state index is 12.0. The number of rotatable bonds is 6. The Morgan fingerprint density at radius 1 is 1.14 bits per heavy atom. The zero-order valence-corrected chi connectivity index (χ0v) is 12.7. The molecule has 2 aromatic rings. The Labute approximate surface area is 126 Å². The van der Waals surface area contributed by atoms with Crippen molar-refractivity contribution in [2.45, 2.75) is 32.8 Å². The van der Waals surface area contributed by atoms with Crippen LogP contribution in [0.5, 0.6) is 0 Å². The van der Waals surface area contributed by atoms with Gasteiger partial charge < -0.3 is 10.4 Å².